The number of ketones is 1. The van der Waals surface area contributed by atoms with Gasteiger partial charge >= 0.3 is 0 Å². The van der Waals surface area contributed by atoms with Gasteiger partial charge in [-0.2, -0.15) is 0 Å². The molecule has 0 unspecified atom stereocenters. The summed E-state index contributed by atoms with van der Waals surface area (Å²) in [4.78, 5) is 12.1. The Morgan fingerprint density at radius 2 is 1.75 bits per heavy atom. The second-order valence-corrected chi connectivity index (χ2v) is 7.91. The van der Waals surface area contributed by atoms with Crippen LogP contribution in [0.4, 0.5) is 0 Å². The van der Waals surface area contributed by atoms with E-state index in [2.05, 4.69) is 20.8 Å². The number of hydrogen-bond donors (Lipinski definition) is 0. The van der Waals surface area contributed by atoms with Crippen LogP contribution in [0.5, 0.6) is 0 Å². The molecule has 1 aromatic carbocycles. The van der Waals surface area contributed by atoms with Gasteiger partial charge in [0.15, 0.2) is 14.2 Å². The highest BCUT2D eigenvalue weighted by molar-refractivity contribution is 7.46. The highest BCUT2D eigenvalue weighted by Gasteiger charge is 2.22. The van der Waals surface area contributed by atoms with Crippen molar-refractivity contribution in [3.05, 3.63) is 35.4 Å². The predicted octanol–water partition coefficient (Wildman–Crippen LogP) is 4.38. The summed E-state index contributed by atoms with van der Waals surface area (Å²) in [7, 11) is -0.695. The van der Waals surface area contributed by atoms with Gasteiger partial charge < -0.3 is 9.05 Å². The molecule has 0 atom stereocenters. The zero-order valence-electron chi connectivity index (χ0n) is 12.7. The van der Waals surface area contributed by atoms with Crippen molar-refractivity contribution in [1.29, 1.82) is 0 Å². The van der Waals surface area contributed by atoms with Gasteiger partial charge in [0.2, 0.25) is 0 Å². The summed E-state index contributed by atoms with van der Waals surface area (Å²) in [6.45, 7) is 9.63. The van der Waals surface area contributed by atoms with Crippen molar-refractivity contribution in [2.45, 2.75) is 33.1 Å². The minimum Gasteiger partial charge on any atom is -0.334 e. The van der Waals surface area contributed by atoms with E-state index in [0.29, 0.717) is 19.6 Å². The van der Waals surface area contributed by atoms with Gasteiger partial charge in [0.1, 0.15) is 0 Å². The fourth-order valence-corrected chi connectivity index (χ4v) is 3.05. The van der Waals surface area contributed by atoms with Crippen LogP contribution in [0.1, 0.15) is 49.0 Å². The minimum atomic E-state index is -0.695. The smallest absolute Gasteiger partial charge is 0.167 e. The molecule has 0 bridgehead atoms. The molecule has 0 aromatic heterocycles. The Labute approximate surface area is 122 Å². The van der Waals surface area contributed by atoms with Crippen molar-refractivity contribution < 1.29 is 13.8 Å². The first-order valence-corrected chi connectivity index (χ1v) is 8.60. The van der Waals surface area contributed by atoms with Crippen molar-refractivity contribution in [3.8, 4) is 0 Å². The maximum atomic E-state index is 12.1. The molecule has 1 aliphatic rings. The van der Waals surface area contributed by atoms with Crippen molar-refractivity contribution in [2.75, 3.05) is 19.9 Å². The Kier molecular flexibility index (Phi) is 4.95. The number of hydrogen-bond acceptors (Lipinski definition) is 3. The molecular weight excluding hydrogens is 271 g/mol. The molecule has 20 heavy (non-hydrogen) atoms. The highest BCUT2D eigenvalue weighted by atomic mass is 31.2. The Morgan fingerprint density at radius 3 is 2.25 bits per heavy atom. The van der Waals surface area contributed by atoms with Gasteiger partial charge in [-0.3, -0.25) is 4.79 Å². The van der Waals surface area contributed by atoms with Crippen LogP contribution >= 0.6 is 8.38 Å². The van der Waals surface area contributed by atoms with E-state index in [1.165, 1.54) is 5.56 Å². The molecule has 0 spiro atoms. The molecule has 0 saturated carbocycles. The summed E-state index contributed by atoms with van der Waals surface area (Å²) in [5.74, 6) is 0.484. The summed E-state index contributed by atoms with van der Waals surface area (Å²) < 4.78 is 11.1. The first-order chi connectivity index (χ1) is 9.35. The first kappa shape index (κ1) is 15.6. The zero-order chi connectivity index (χ0) is 14.8. The fourth-order valence-electron chi connectivity index (χ4n) is 2.19. The molecule has 0 radical (unpaired) electrons. The van der Waals surface area contributed by atoms with E-state index in [1.807, 2.05) is 30.9 Å². The van der Waals surface area contributed by atoms with Crippen molar-refractivity contribution in [2.24, 2.45) is 5.41 Å². The normalized spacial score (nSPS) is 23.6. The molecule has 1 heterocycles. The number of Topliss-reactive ketones (excluding diaryl/α,β-unsaturated/α-hetero) is 1. The van der Waals surface area contributed by atoms with Crippen LogP contribution in [-0.2, 0) is 9.05 Å². The fraction of sp³-hybridized carbons (Fsp3) is 0.562. The third-order valence-electron chi connectivity index (χ3n) is 3.31. The summed E-state index contributed by atoms with van der Waals surface area (Å²) in [5, 5.41) is 0. The second kappa shape index (κ2) is 6.34. The van der Waals surface area contributed by atoms with Crippen LogP contribution in [0.25, 0.3) is 0 Å². The molecule has 3 nitrogen and oxygen atoms in total. The lowest BCUT2D eigenvalue weighted by molar-refractivity contribution is 0.0940. The maximum Gasteiger partial charge on any atom is 0.167 e. The molecule has 110 valence electrons. The highest BCUT2D eigenvalue weighted by Crippen LogP contribution is 2.41. The van der Waals surface area contributed by atoms with Crippen molar-refractivity contribution in [1.82, 2.24) is 0 Å². The van der Waals surface area contributed by atoms with Crippen molar-refractivity contribution in [3.63, 3.8) is 0 Å². The lowest BCUT2D eigenvalue weighted by Gasteiger charge is -2.26. The van der Waals surface area contributed by atoms with Crippen LogP contribution in [0.2, 0.25) is 0 Å². The van der Waals surface area contributed by atoms with Gasteiger partial charge in [-0.15, -0.1) is 0 Å². The van der Waals surface area contributed by atoms with E-state index in [-0.39, 0.29) is 17.1 Å². The molecular formula is C16H23O3P. The maximum absolute atomic E-state index is 12.1. The average molecular weight is 294 g/mol. The van der Waals surface area contributed by atoms with Crippen LogP contribution < -0.4 is 0 Å². The van der Waals surface area contributed by atoms with Crippen LogP contribution in [0, 0.1) is 5.41 Å². The Balaban J connectivity index is 2.01. The topological polar surface area (TPSA) is 35.5 Å². The third kappa shape index (κ3) is 4.37. The minimum absolute atomic E-state index is 0.0269. The van der Waals surface area contributed by atoms with Gasteiger partial charge in [-0.25, -0.2) is 0 Å². The number of benzene rings is 1. The second-order valence-electron chi connectivity index (χ2n) is 6.51. The van der Waals surface area contributed by atoms with Gasteiger partial charge in [0.25, 0.3) is 0 Å². The monoisotopic (exact) mass is 294 g/mol. The van der Waals surface area contributed by atoms with E-state index in [4.69, 9.17) is 9.05 Å². The SMILES string of the molecule is CP1OCC(c2ccc(C(=O)CC(C)(C)C)cc2)CO1. The van der Waals surface area contributed by atoms with E-state index in [9.17, 15) is 4.79 Å². The van der Waals surface area contributed by atoms with Gasteiger partial charge in [-0.1, -0.05) is 45.0 Å². The predicted molar refractivity (Wildman–Crippen MR) is 82.3 cm³/mol. The Hall–Kier alpha value is -0.760. The Bertz CT molecular complexity index is 454. The van der Waals surface area contributed by atoms with E-state index < -0.39 is 8.38 Å². The standard InChI is InChI=1S/C16H23O3P/c1-16(2,3)9-15(17)13-7-5-12(6-8-13)14-10-18-20(4)19-11-14/h5-8,14H,9-11H2,1-4H3. The van der Waals surface area contributed by atoms with Crippen molar-refractivity contribution >= 4 is 14.2 Å². The van der Waals surface area contributed by atoms with E-state index >= 15 is 0 Å². The molecule has 0 N–H and O–H groups in total. The summed E-state index contributed by atoms with van der Waals surface area (Å²) in [6, 6.07) is 7.90. The average Bonchev–Trinajstić information content (AvgIpc) is 2.38. The lowest BCUT2D eigenvalue weighted by Crippen LogP contribution is -2.17. The quantitative estimate of drug-likeness (QED) is 0.613. The van der Waals surface area contributed by atoms with Crippen LogP contribution in [-0.4, -0.2) is 25.7 Å². The third-order valence-corrected chi connectivity index (χ3v) is 4.34. The van der Waals surface area contributed by atoms with Crippen LogP contribution in [0.15, 0.2) is 24.3 Å². The molecule has 1 fully saturated rings. The molecule has 1 aliphatic heterocycles. The molecule has 0 aliphatic carbocycles. The largest absolute Gasteiger partial charge is 0.334 e. The lowest BCUT2D eigenvalue weighted by atomic mass is 9.87. The van der Waals surface area contributed by atoms with Gasteiger partial charge in [0.05, 0.1) is 13.2 Å². The van der Waals surface area contributed by atoms with E-state index in [1.54, 1.807) is 0 Å². The molecule has 1 aromatic rings. The number of carbonyl (C=O) groups excluding carboxylic acids is 1. The molecule has 2 rings (SSSR count). The van der Waals surface area contributed by atoms with Crippen LogP contribution in [0.3, 0.4) is 0 Å². The Morgan fingerprint density at radius 1 is 1.20 bits per heavy atom. The van der Waals surface area contributed by atoms with Gasteiger partial charge in [0, 0.05) is 24.6 Å². The van der Waals surface area contributed by atoms with Gasteiger partial charge in [-0.05, 0) is 11.0 Å². The van der Waals surface area contributed by atoms with E-state index in [0.717, 1.165) is 5.56 Å². The number of rotatable bonds is 3. The summed E-state index contributed by atoms with van der Waals surface area (Å²) in [5.41, 5.74) is 2.00. The number of carbonyl (C=O) groups is 1. The zero-order valence-corrected chi connectivity index (χ0v) is 13.6. The first-order valence-electron chi connectivity index (χ1n) is 6.98. The molecule has 4 heteroatoms. The molecule has 1 saturated heterocycles. The molecule has 0 amide bonds. The summed E-state index contributed by atoms with van der Waals surface area (Å²) >= 11 is 0. The summed E-state index contributed by atoms with van der Waals surface area (Å²) in [6.07, 6.45) is 0.572.